The minimum absolute atomic E-state index is 0.378. The number of aromatic nitrogens is 3. The van der Waals surface area contributed by atoms with Crippen LogP contribution in [0.25, 0.3) is 0 Å². The van der Waals surface area contributed by atoms with Crippen LogP contribution in [-0.2, 0) is 16.9 Å². The number of hydrogen-bond donors (Lipinski definition) is 1. The second-order valence-corrected chi connectivity index (χ2v) is 8.50. The summed E-state index contributed by atoms with van der Waals surface area (Å²) in [6.07, 6.45) is 2.17. The molecule has 19 heavy (non-hydrogen) atoms. The summed E-state index contributed by atoms with van der Waals surface area (Å²) < 4.78 is 25.4. The number of nitrogens with one attached hydrogen (secondary N) is 1. The molecule has 1 aromatic rings. The van der Waals surface area contributed by atoms with Gasteiger partial charge in [0.1, 0.15) is 0 Å². The van der Waals surface area contributed by atoms with E-state index < -0.39 is 14.6 Å². The predicted octanol–water partition coefficient (Wildman–Crippen LogP) is 1.44. The number of nitrogens with zero attached hydrogens (tertiary/aromatic N) is 3. The fourth-order valence-electron chi connectivity index (χ4n) is 1.82. The van der Waals surface area contributed by atoms with Crippen molar-refractivity contribution in [3.8, 4) is 0 Å². The number of halogens is 1. The summed E-state index contributed by atoms with van der Waals surface area (Å²) in [5, 5.41) is 11.2. The first-order chi connectivity index (χ1) is 8.63. The van der Waals surface area contributed by atoms with Crippen molar-refractivity contribution >= 4 is 25.8 Å². The molecule has 6 nitrogen and oxygen atoms in total. The highest BCUT2D eigenvalue weighted by Crippen LogP contribution is 2.34. The van der Waals surface area contributed by atoms with Crippen molar-refractivity contribution in [2.75, 3.05) is 12.8 Å². The van der Waals surface area contributed by atoms with Gasteiger partial charge in [0.05, 0.1) is 16.5 Å². The van der Waals surface area contributed by atoms with Gasteiger partial charge in [0, 0.05) is 13.3 Å². The van der Waals surface area contributed by atoms with E-state index in [0.29, 0.717) is 4.60 Å². The van der Waals surface area contributed by atoms with Crippen LogP contribution in [0.1, 0.15) is 38.9 Å². The highest BCUT2D eigenvalue weighted by molar-refractivity contribution is 9.10. The van der Waals surface area contributed by atoms with Gasteiger partial charge in [-0.3, -0.25) is 0 Å². The molecule has 1 atom stereocenters. The molecule has 0 bridgehead atoms. The minimum atomic E-state index is -3.24. The van der Waals surface area contributed by atoms with Gasteiger partial charge in [0.2, 0.25) is 0 Å². The van der Waals surface area contributed by atoms with Gasteiger partial charge in [0.25, 0.3) is 0 Å². The van der Waals surface area contributed by atoms with Crippen molar-refractivity contribution < 1.29 is 8.42 Å². The third-order valence-corrected chi connectivity index (χ3v) is 6.06. The fraction of sp³-hybridized carbons (Fsp3) is 0.818. The Kier molecular flexibility index (Phi) is 5.14. The third kappa shape index (κ3) is 3.35. The Morgan fingerprint density at radius 2 is 2.05 bits per heavy atom. The van der Waals surface area contributed by atoms with Crippen molar-refractivity contribution in [3.63, 3.8) is 0 Å². The van der Waals surface area contributed by atoms with E-state index in [0.717, 1.165) is 18.7 Å². The summed E-state index contributed by atoms with van der Waals surface area (Å²) in [6, 6.07) is -0.378. The molecule has 0 radical (unpaired) electrons. The van der Waals surface area contributed by atoms with Crippen LogP contribution >= 0.6 is 15.9 Å². The molecule has 1 unspecified atom stereocenters. The van der Waals surface area contributed by atoms with Crippen molar-refractivity contribution in [1.82, 2.24) is 20.3 Å². The van der Waals surface area contributed by atoms with Crippen LogP contribution in [0.15, 0.2) is 4.60 Å². The van der Waals surface area contributed by atoms with Gasteiger partial charge in [-0.15, -0.1) is 5.10 Å². The van der Waals surface area contributed by atoms with E-state index in [4.69, 9.17) is 0 Å². The van der Waals surface area contributed by atoms with Crippen molar-refractivity contribution in [1.29, 1.82) is 0 Å². The smallest absolute Gasteiger partial charge is 0.154 e. The lowest BCUT2D eigenvalue weighted by atomic mass is 10.00. The van der Waals surface area contributed by atoms with E-state index >= 15 is 0 Å². The van der Waals surface area contributed by atoms with Crippen LogP contribution in [0.2, 0.25) is 0 Å². The minimum Gasteiger partial charge on any atom is -0.307 e. The van der Waals surface area contributed by atoms with Gasteiger partial charge in [0.15, 0.2) is 14.4 Å². The summed E-state index contributed by atoms with van der Waals surface area (Å²) in [4.78, 5) is 0. The van der Waals surface area contributed by atoms with E-state index in [1.807, 2.05) is 6.92 Å². The predicted molar refractivity (Wildman–Crippen MR) is 78.7 cm³/mol. The maximum atomic E-state index is 12.1. The molecule has 1 aromatic heterocycles. The number of sulfone groups is 1. The first kappa shape index (κ1) is 16.6. The normalized spacial score (nSPS) is 14.6. The molecule has 110 valence electrons. The zero-order valence-electron chi connectivity index (χ0n) is 11.9. The molecule has 0 fully saturated rings. The zero-order chi connectivity index (χ0) is 14.8. The molecule has 8 heteroatoms. The Bertz CT molecular complexity index is 519. The topological polar surface area (TPSA) is 76.9 Å². The molecular weight excluding hydrogens is 332 g/mol. The van der Waals surface area contributed by atoms with Crippen LogP contribution in [0.4, 0.5) is 0 Å². The van der Waals surface area contributed by atoms with E-state index in [-0.39, 0.29) is 6.04 Å². The van der Waals surface area contributed by atoms with Crippen molar-refractivity contribution in [3.05, 3.63) is 10.3 Å². The summed E-state index contributed by atoms with van der Waals surface area (Å²) in [5.74, 6) is 0. The lowest BCUT2D eigenvalue weighted by Crippen LogP contribution is -2.46. The van der Waals surface area contributed by atoms with Gasteiger partial charge in [-0.05, 0) is 42.7 Å². The maximum Gasteiger partial charge on any atom is 0.154 e. The molecule has 0 aliphatic rings. The first-order valence-corrected chi connectivity index (χ1v) is 8.79. The van der Waals surface area contributed by atoms with Crippen LogP contribution in [-0.4, -0.2) is 41.0 Å². The maximum absolute atomic E-state index is 12.1. The van der Waals surface area contributed by atoms with Crippen molar-refractivity contribution in [2.24, 2.45) is 7.05 Å². The summed E-state index contributed by atoms with van der Waals surface area (Å²) in [6.45, 7) is 6.19. The van der Waals surface area contributed by atoms with Gasteiger partial charge >= 0.3 is 0 Å². The Labute approximate surface area is 123 Å². The summed E-state index contributed by atoms with van der Waals surface area (Å²) in [7, 11) is -1.49. The molecule has 0 saturated carbocycles. The van der Waals surface area contributed by atoms with Crippen molar-refractivity contribution in [2.45, 2.75) is 38.0 Å². The SMILES string of the molecule is CCCNC(c1c(Br)nnn1C)C(C)(C)S(C)(=O)=O. The Hall–Kier alpha value is -0.470. The quantitative estimate of drug-likeness (QED) is 0.838. The third-order valence-electron chi connectivity index (χ3n) is 3.35. The molecular formula is C11H21BrN4O2S. The lowest BCUT2D eigenvalue weighted by Gasteiger charge is -2.33. The van der Waals surface area contributed by atoms with Gasteiger partial charge < -0.3 is 5.32 Å². The van der Waals surface area contributed by atoms with Crippen LogP contribution in [0.5, 0.6) is 0 Å². The van der Waals surface area contributed by atoms with Crippen LogP contribution in [0.3, 0.4) is 0 Å². The average molecular weight is 353 g/mol. The molecule has 0 saturated heterocycles. The molecule has 1 rings (SSSR count). The number of rotatable bonds is 6. The van der Waals surface area contributed by atoms with Gasteiger partial charge in [-0.2, -0.15) is 0 Å². The Balaban J connectivity index is 3.31. The summed E-state index contributed by atoms with van der Waals surface area (Å²) >= 11 is 3.34. The molecule has 0 amide bonds. The highest BCUT2D eigenvalue weighted by Gasteiger charge is 2.42. The van der Waals surface area contributed by atoms with Gasteiger partial charge in [-0.25, -0.2) is 13.1 Å². The first-order valence-electron chi connectivity index (χ1n) is 6.11. The second kappa shape index (κ2) is 5.88. The van der Waals surface area contributed by atoms with E-state index in [9.17, 15) is 8.42 Å². The van der Waals surface area contributed by atoms with Crippen LogP contribution < -0.4 is 5.32 Å². The Morgan fingerprint density at radius 1 is 1.47 bits per heavy atom. The molecule has 0 aliphatic carbocycles. The standard InChI is InChI=1S/C11H21BrN4O2S/c1-6-7-13-9(11(2,3)19(5,17)18)8-10(12)14-15-16(8)4/h9,13H,6-7H2,1-5H3. The molecule has 0 aliphatic heterocycles. The Morgan fingerprint density at radius 3 is 2.42 bits per heavy atom. The molecule has 1 N–H and O–H groups in total. The molecule has 0 spiro atoms. The second-order valence-electron chi connectivity index (χ2n) is 5.15. The highest BCUT2D eigenvalue weighted by atomic mass is 79.9. The largest absolute Gasteiger partial charge is 0.307 e. The zero-order valence-corrected chi connectivity index (χ0v) is 14.3. The molecule has 1 heterocycles. The lowest BCUT2D eigenvalue weighted by molar-refractivity contribution is 0.399. The van der Waals surface area contributed by atoms with E-state index in [1.54, 1.807) is 25.6 Å². The number of hydrogen-bond acceptors (Lipinski definition) is 5. The molecule has 0 aromatic carbocycles. The van der Waals surface area contributed by atoms with E-state index in [2.05, 4.69) is 31.6 Å². The average Bonchev–Trinajstić information content (AvgIpc) is 2.59. The van der Waals surface area contributed by atoms with E-state index in [1.165, 1.54) is 6.26 Å². The fourth-order valence-corrected chi connectivity index (χ4v) is 3.00. The monoisotopic (exact) mass is 352 g/mol. The number of aryl methyl sites for hydroxylation is 1. The van der Waals surface area contributed by atoms with Gasteiger partial charge in [-0.1, -0.05) is 12.1 Å². The summed E-state index contributed by atoms with van der Waals surface area (Å²) in [5.41, 5.74) is 0.740. The van der Waals surface area contributed by atoms with Crippen LogP contribution in [0, 0.1) is 0 Å².